The summed E-state index contributed by atoms with van der Waals surface area (Å²) in [6.45, 7) is 2.80. The van der Waals surface area contributed by atoms with Gasteiger partial charge >= 0.3 is 0 Å². The van der Waals surface area contributed by atoms with Crippen LogP contribution in [0, 0.1) is 0 Å². The Morgan fingerprint density at radius 1 is 0.944 bits per heavy atom. The molecule has 1 fully saturated rings. The number of para-hydroxylation sites is 1. The van der Waals surface area contributed by atoms with E-state index in [9.17, 15) is 4.79 Å². The lowest BCUT2D eigenvalue weighted by molar-refractivity contribution is -0.0122. The number of nitrogens with one attached hydrogen (secondary N) is 1. The molecule has 36 heavy (non-hydrogen) atoms. The lowest BCUT2D eigenvalue weighted by Gasteiger charge is -2.44. The Kier molecular flexibility index (Phi) is 6.99. The molecule has 0 unspecified atom stereocenters. The highest BCUT2D eigenvalue weighted by Crippen LogP contribution is 2.52. The minimum Gasteiger partial charge on any atom is -0.497 e. The van der Waals surface area contributed by atoms with Gasteiger partial charge in [0.05, 0.1) is 31.9 Å². The Hall–Kier alpha value is -3.35. The molecule has 5 rings (SSSR count). The summed E-state index contributed by atoms with van der Waals surface area (Å²) in [5.74, 6) is 1.30. The third-order valence-corrected chi connectivity index (χ3v) is 7.86. The monoisotopic (exact) mass is 486 g/mol. The van der Waals surface area contributed by atoms with Gasteiger partial charge in [-0.25, -0.2) is 0 Å². The molecular formula is C30H34N2O4. The van der Waals surface area contributed by atoms with Crippen molar-refractivity contribution in [2.75, 3.05) is 34.4 Å². The number of rotatable bonds is 7. The minimum absolute atomic E-state index is 0.144. The number of hydrogen-bond donors (Lipinski definition) is 1. The lowest BCUT2D eigenvalue weighted by Crippen LogP contribution is -2.50. The van der Waals surface area contributed by atoms with E-state index < -0.39 is 0 Å². The topological polar surface area (TPSA) is 60.0 Å². The fourth-order valence-corrected chi connectivity index (χ4v) is 6.12. The summed E-state index contributed by atoms with van der Waals surface area (Å²) >= 11 is 0. The molecule has 6 nitrogen and oxygen atoms in total. The predicted octanol–water partition coefficient (Wildman–Crippen LogP) is 4.74. The van der Waals surface area contributed by atoms with Gasteiger partial charge in [0.25, 0.3) is 5.91 Å². The molecule has 1 N–H and O–H groups in total. The largest absolute Gasteiger partial charge is 0.497 e. The maximum atomic E-state index is 13.4. The van der Waals surface area contributed by atoms with Crippen molar-refractivity contribution in [3.8, 4) is 11.5 Å². The molecule has 1 aliphatic carbocycles. The quantitative estimate of drug-likeness (QED) is 0.523. The van der Waals surface area contributed by atoms with E-state index in [0.717, 1.165) is 43.8 Å². The summed E-state index contributed by atoms with van der Waals surface area (Å²) in [7, 11) is 5.06. The Morgan fingerprint density at radius 2 is 1.69 bits per heavy atom. The number of hydrogen-bond acceptors (Lipinski definition) is 5. The van der Waals surface area contributed by atoms with Gasteiger partial charge in [-0.3, -0.25) is 9.69 Å². The molecule has 0 aromatic heterocycles. The first-order valence-electron chi connectivity index (χ1n) is 12.5. The van der Waals surface area contributed by atoms with Crippen LogP contribution in [-0.4, -0.2) is 51.3 Å². The van der Waals surface area contributed by atoms with Crippen molar-refractivity contribution in [3.63, 3.8) is 0 Å². The van der Waals surface area contributed by atoms with E-state index in [1.807, 2.05) is 36.4 Å². The van der Waals surface area contributed by atoms with Gasteiger partial charge < -0.3 is 19.5 Å². The average molecular weight is 487 g/mol. The number of nitrogens with zero attached hydrogens (tertiary/aromatic N) is 1. The predicted molar refractivity (Wildman–Crippen MR) is 140 cm³/mol. The van der Waals surface area contributed by atoms with E-state index in [1.54, 1.807) is 27.4 Å². The van der Waals surface area contributed by atoms with Gasteiger partial charge in [-0.05, 0) is 66.9 Å². The zero-order valence-electron chi connectivity index (χ0n) is 21.2. The van der Waals surface area contributed by atoms with Crippen molar-refractivity contribution >= 4 is 5.91 Å². The Balaban J connectivity index is 1.38. The normalized spacial score (nSPS) is 20.6. The first-order valence-corrected chi connectivity index (χ1v) is 12.5. The number of ether oxygens (including phenoxy) is 3. The van der Waals surface area contributed by atoms with Crippen molar-refractivity contribution in [1.82, 2.24) is 10.2 Å². The Labute approximate surface area is 213 Å². The van der Waals surface area contributed by atoms with Gasteiger partial charge in [0, 0.05) is 19.1 Å². The number of carbonyl (C=O) groups is 1. The maximum Gasteiger partial charge on any atom is 0.255 e. The number of benzene rings is 3. The molecule has 2 atom stereocenters. The van der Waals surface area contributed by atoms with E-state index in [1.165, 1.54) is 11.1 Å². The van der Waals surface area contributed by atoms with Crippen LogP contribution in [0.1, 0.15) is 45.9 Å². The molecule has 2 aliphatic rings. The summed E-state index contributed by atoms with van der Waals surface area (Å²) in [5, 5.41) is 3.29. The summed E-state index contributed by atoms with van der Waals surface area (Å²) in [5.41, 5.74) is 4.08. The second-order valence-corrected chi connectivity index (χ2v) is 9.68. The van der Waals surface area contributed by atoms with Crippen molar-refractivity contribution in [2.24, 2.45) is 0 Å². The molecule has 0 radical (unpaired) electrons. The van der Waals surface area contributed by atoms with Crippen LogP contribution < -0.4 is 14.8 Å². The molecule has 1 aliphatic heterocycles. The molecule has 1 heterocycles. The fourth-order valence-electron chi connectivity index (χ4n) is 6.12. The first kappa shape index (κ1) is 24.3. The highest BCUT2D eigenvalue weighted by atomic mass is 16.5. The third kappa shape index (κ3) is 4.36. The number of carbonyl (C=O) groups excluding carboxylic acids is 1. The maximum absolute atomic E-state index is 13.4. The SMILES string of the molecule is COc1cccc(CN2CCC3(CC2)c2ccccc2[C@@H](NC(=O)c2ccccc2OC)[C@@H]3OC)c1. The van der Waals surface area contributed by atoms with Gasteiger partial charge in [0.15, 0.2) is 0 Å². The van der Waals surface area contributed by atoms with Crippen LogP contribution in [0.2, 0.25) is 0 Å². The van der Waals surface area contributed by atoms with Crippen molar-refractivity contribution in [3.05, 3.63) is 95.1 Å². The molecule has 6 heteroatoms. The molecule has 188 valence electrons. The van der Waals surface area contributed by atoms with Gasteiger partial charge in [-0.15, -0.1) is 0 Å². The average Bonchev–Trinajstić information content (AvgIpc) is 3.18. The molecule has 1 saturated heterocycles. The highest BCUT2D eigenvalue weighted by molar-refractivity contribution is 5.97. The van der Waals surface area contributed by atoms with Crippen LogP contribution in [0.5, 0.6) is 11.5 Å². The van der Waals surface area contributed by atoms with Gasteiger partial charge in [0.2, 0.25) is 0 Å². The number of likely N-dealkylation sites (tertiary alicyclic amines) is 1. The van der Waals surface area contributed by atoms with Gasteiger partial charge in [0.1, 0.15) is 11.5 Å². The molecule has 1 spiro atoms. The lowest BCUT2D eigenvalue weighted by atomic mass is 9.71. The summed E-state index contributed by atoms with van der Waals surface area (Å²) < 4.78 is 17.0. The molecular weight excluding hydrogens is 452 g/mol. The van der Waals surface area contributed by atoms with Crippen LogP contribution in [0.25, 0.3) is 0 Å². The second kappa shape index (κ2) is 10.3. The zero-order valence-corrected chi connectivity index (χ0v) is 21.2. The Morgan fingerprint density at radius 3 is 2.44 bits per heavy atom. The molecule has 3 aromatic rings. The van der Waals surface area contributed by atoms with E-state index in [0.29, 0.717) is 11.3 Å². The number of piperidine rings is 1. The van der Waals surface area contributed by atoms with Crippen molar-refractivity contribution < 1.29 is 19.0 Å². The summed E-state index contributed by atoms with van der Waals surface area (Å²) in [4.78, 5) is 15.9. The van der Waals surface area contributed by atoms with E-state index in [-0.39, 0.29) is 23.5 Å². The van der Waals surface area contributed by atoms with E-state index in [4.69, 9.17) is 14.2 Å². The van der Waals surface area contributed by atoms with Crippen molar-refractivity contribution in [2.45, 2.75) is 36.9 Å². The fraction of sp³-hybridized carbons (Fsp3) is 0.367. The summed E-state index contributed by atoms with van der Waals surface area (Å²) in [6, 6.07) is 23.9. The second-order valence-electron chi connectivity index (χ2n) is 9.68. The highest BCUT2D eigenvalue weighted by Gasteiger charge is 2.54. The van der Waals surface area contributed by atoms with Crippen LogP contribution >= 0.6 is 0 Å². The van der Waals surface area contributed by atoms with Crippen molar-refractivity contribution in [1.29, 1.82) is 0 Å². The molecule has 1 amide bonds. The first-order chi connectivity index (χ1) is 17.6. The van der Waals surface area contributed by atoms with E-state index >= 15 is 0 Å². The minimum atomic E-state index is -0.228. The van der Waals surface area contributed by atoms with Crippen LogP contribution in [0.4, 0.5) is 0 Å². The van der Waals surface area contributed by atoms with Crippen LogP contribution in [0.3, 0.4) is 0 Å². The zero-order chi connectivity index (χ0) is 25.1. The van der Waals surface area contributed by atoms with Gasteiger partial charge in [-0.2, -0.15) is 0 Å². The van der Waals surface area contributed by atoms with E-state index in [2.05, 4.69) is 40.5 Å². The number of amides is 1. The number of fused-ring (bicyclic) bond motifs is 2. The Bertz CT molecular complexity index is 1220. The standard InChI is InChI=1S/C30H34N2O4/c1-34-22-10-8-9-21(19-22)20-32-17-15-30(16-18-32)25-13-6-4-11-23(25)27(28(30)36-3)31-29(33)24-12-5-7-14-26(24)35-2/h4-14,19,27-28H,15-18,20H2,1-3H3,(H,31,33)/t27-,28+/m1/s1. The molecule has 3 aromatic carbocycles. The number of methoxy groups -OCH3 is 3. The van der Waals surface area contributed by atoms with Gasteiger partial charge in [-0.1, -0.05) is 48.5 Å². The summed E-state index contributed by atoms with van der Waals surface area (Å²) in [6.07, 6.45) is 1.79. The van der Waals surface area contributed by atoms with Crippen LogP contribution in [0.15, 0.2) is 72.8 Å². The smallest absolute Gasteiger partial charge is 0.255 e. The van der Waals surface area contributed by atoms with Crippen LogP contribution in [-0.2, 0) is 16.7 Å². The molecule has 0 saturated carbocycles. The third-order valence-electron chi connectivity index (χ3n) is 7.86. The molecule has 0 bridgehead atoms.